The number of aryl methyl sites for hydroxylation is 1. The SMILES string of the molecule is Cc1cccc(C(=O)N(NC(=O)C2CCCCCCC2)C(C)(C)C)c1. The highest BCUT2D eigenvalue weighted by molar-refractivity contribution is 5.96. The van der Waals surface area contributed by atoms with Gasteiger partial charge in [0.2, 0.25) is 5.91 Å². The van der Waals surface area contributed by atoms with Crippen molar-refractivity contribution in [2.75, 3.05) is 0 Å². The van der Waals surface area contributed by atoms with Crippen LogP contribution in [0.15, 0.2) is 24.3 Å². The first-order valence-corrected chi connectivity index (χ1v) is 9.51. The highest BCUT2D eigenvalue weighted by atomic mass is 16.2. The Morgan fingerprint density at radius 3 is 2.20 bits per heavy atom. The van der Waals surface area contributed by atoms with Gasteiger partial charge in [0.15, 0.2) is 0 Å². The highest BCUT2D eigenvalue weighted by Crippen LogP contribution is 2.23. The molecule has 0 heterocycles. The van der Waals surface area contributed by atoms with E-state index in [9.17, 15) is 9.59 Å². The molecule has 0 atom stereocenters. The maximum absolute atomic E-state index is 13.0. The van der Waals surface area contributed by atoms with Crippen molar-refractivity contribution in [3.05, 3.63) is 35.4 Å². The standard InChI is InChI=1S/C21H32N2O2/c1-16-11-10-14-18(15-16)20(25)23(21(2,3)4)22-19(24)17-12-8-6-5-7-9-13-17/h10-11,14-15,17H,5-9,12-13H2,1-4H3,(H,22,24). The summed E-state index contributed by atoms with van der Waals surface area (Å²) in [7, 11) is 0. The Morgan fingerprint density at radius 2 is 1.64 bits per heavy atom. The van der Waals surface area contributed by atoms with E-state index in [0.29, 0.717) is 5.56 Å². The van der Waals surface area contributed by atoms with Gasteiger partial charge in [-0.25, -0.2) is 5.01 Å². The number of carbonyl (C=O) groups is 2. The summed E-state index contributed by atoms with van der Waals surface area (Å²) in [6.45, 7) is 7.79. The minimum absolute atomic E-state index is 0.00968. The minimum atomic E-state index is -0.488. The molecule has 1 fully saturated rings. The Kier molecular flexibility index (Phi) is 6.63. The largest absolute Gasteiger partial charge is 0.273 e. The molecule has 4 heteroatoms. The lowest BCUT2D eigenvalue weighted by Crippen LogP contribution is -2.57. The molecule has 2 amide bonds. The quantitative estimate of drug-likeness (QED) is 0.795. The maximum atomic E-state index is 13.0. The van der Waals surface area contributed by atoms with Gasteiger partial charge in [-0.1, -0.05) is 49.8 Å². The lowest BCUT2D eigenvalue weighted by atomic mass is 9.90. The molecule has 1 aliphatic rings. The second-order valence-corrected chi connectivity index (χ2v) is 8.20. The summed E-state index contributed by atoms with van der Waals surface area (Å²) >= 11 is 0. The van der Waals surface area contributed by atoms with Crippen LogP contribution < -0.4 is 5.43 Å². The van der Waals surface area contributed by atoms with Crippen molar-refractivity contribution < 1.29 is 9.59 Å². The fourth-order valence-corrected chi connectivity index (χ4v) is 3.35. The third-order valence-electron chi connectivity index (χ3n) is 4.84. The number of nitrogens with zero attached hydrogens (tertiary/aromatic N) is 1. The number of nitrogens with one attached hydrogen (secondary N) is 1. The minimum Gasteiger partial charge on any atom is -0.273 e. The zero-order chi connectivity index (χ0) is 18.4. The van der Waals surface area contributed by atoms with Crippen LogP contribution in [0.3, 0.4) is 0 Å². The van der Waals surface area contributed by atoms with Gasteiger partial charge in [-0.15, -0.1) is 0 Å². The van der Waals surface area contributed by atoms with Crippen molar-refractivity contribution in [3.8, 4) is 0 Å². The van der Waals surface area contributed by atoms with Crippen LogP contribution in [-0.2, 0) is 4.79 Å². The zero-order valence-electron chi connectivity index (χ0n) is 16.1. The number of rotatable bonds is 2. The smallest absolute Gasteiger partial charge is 0.272 e. The summed E-state index contributed by atoms with van der Waals surface area (Å²) in [6, 6.07) is 7.50. The van der Waals surface area contributed by atoms with Crippen molar-refractivity contribution in [2.24, 2.45) is 5.92 Å². The van der Waals surface area contributed by atoms with Gasteiger partial charge in [-0.3, -0.25) is 15.0 Å². The van der Waals surface area contributed by atoms with E-state index in [-0.39, 0.29) is 17.7 Å². The molecule has 1 N–H and O–H groups in total. The highest BCUT2D eigenvalue weighted by Gasteiger charge is 2.31. The normalized spacial score (nSPS) is 16.6. The van der Waals surface area contributed by atoms with Crippen LogP contribution in [-0.4, -0.2) is 22.4 Å². The van der Waals surface area contributed by atoms with Crippen LogP contribution in [0.5, 0.6) is 0 Å². The summed E-state index contributed by atoms with van der Waals surface area (Å²) in [4.78, 5) is 25.8. The molecule has 0 spiro atoms. The molecule has 0 aliphatic heterocycles. The Morgan fingerprint density at radius 1 is 1.04 bits per heavy atom. The van der Waals surface area contributed by atoms with Crippen LogP contribution in [0.1, 0.15) is 81.6 Å². The molecular formula is C21H32N2O2. The van der Waals surface area contributed by atoms with Gasteiger partial charge in [-0.05, 0) is 52.7 Å². The molecule has 138 valence electrons. The Labute approximate surface area is 152 Å². The first kappa shape index (κ1) is 19.5. The number of hydrazine groups is 1. The van der Waals surface area contributed by atoms with E-state index in [4.69, 9.17) is 0 Å². The maximum Gasteiger partial charge on any atom is 0.272 e. The molecular weight excluding hydrogens is 312 g/mol. The Hall–Kier alpha value is -1.84. The van der Waals surface area contributed by atoms with Crippen molar-refractivity contribution in [3.63, 3.8) is 0 Å². The third-order valence-corrected chi connectivity index (χ3v) is 4.84. The molecule has 0 saturated heterocycles. The molecule has 0 bridgehead atoms. The Balaban J connectivity index is 2.14. The van der Waals surface area contributed by atoms with Crippen molar-refractivity contribution in [1.29, 1.82) is 0 Å². The van der Waals surface area contributed by atoms with E-state index in [2.05, 4.69) is 5.43 Å². The average molecular weight is 344 g/mol. The van der Waals surface area contributed by atoms with Crippen LogP contribution in [0.25, 0.3) is 0 Å². The van der Waals surface area contributed by atoms with Gasteiger partial charge >= 0.3 is 0 Å². The fraction of sp³-hybridized carbons (Fsp3) is 0.619. The molecule has 1 saturated carbocycles. The number of hydrogen-bond donors (Lipinski definition) is 1. The average Bonchev–Trinajstić information content (AvgIpc) is 2.50. The van der Waals surface area contributed by atoms with Gasteiger partial charge in [0, 0.05) is 11.5 Å². The number of amides is 2. The van der Waals surface area contributed by atoms with E-state index in [1.807, 2.05) is 45.9 Å². The third kappa shape index (κ3) is 5.58. The number of carbonyl (C=O) groups excluding carboxylic acids is 2. The lowest BCUT2D eigenvalue weighted by Gasteiger charge is -2.36. The van der Waals surface area contributed by atoms with Crippen molar-refractivity contribution in [2.45, 2.75) is 78.2 Å². The predicted molar refractivity (Wildman–Crippen MR) is 101 cm³/mol. The van der Waals surface area contributed by atoms with Gasteiger partial charge in [-0.2, -0.15) is 0 Å². The summed E-state index contributed by atoms with van der Waals surface area (Å²) in [5, 5.41) is 1.50. The molecule has 2 rings (SSSR count). The second-order valence-electron chi connectivity index (χ2n) is 8.20. The summed E-state index contributed by atoms with van der Waals surface area (Å²) < 4.78 is 0. The molecule has 0 radical (unpaired) electrons. The van der Waals surface area contributed by atoms with E-state index in [1.54, 1.807) is 6.07 Å². The topological polar surface area (TPSA) is 49.4 Å². The molecule has 25 heavy (non-hydrogen) atoms. The predicted octanol–water partition coefficient (Wildman–Crippen LogP) is 4.63. The molecule has 1 aromatic rings. The monoisotopic (exact) mass is 344 g/mol. The van der Waals surface area contributed by atoms with Crippen LogP contribution in [0.4, 0.5) is 0 Å². The van der Waals surface area contributed by atoms with Crippen molar-refractivity contribution in [1.82, 2.24) is 10.4 Å². The summed E-state index contributed by atoms with van der Waals surface area (Å²) in [5.74, 6) is -0.163. The fourth-order valence-electron chi connectivity index (χ4n) is 3.35. The van der Waals surface area contributed by atoms with Gasteiger partial charge in [0.05, 0.1) is 5.54 Å². The zero-order valence-corrected chi connectivity index (χ0v) is 16.1. The first-order chi connectivity index (χ1) is 11.8. The van der Waals surface area contributed by atoms with E-state index < -0.39 is 5.54 Å². The lowest BCUT2D eigenvalue weighted by molar-refractivity contribution is -0.131. The van der Waals surface area contributed by atoms with E-state index in [0.717, 1.165) is 31.2 Å². The summed E-state index contributed by atoms with van der Waals surface area (Å²) in [6.07, 6.45) is 7.71. The molecule has 1 aliphatic carbocycles. The molecule has 1 aromatic carbocycles. The van der Waals surface area contributed by atoms with Gasteiger partial charge in [0.1, 0.15) is 0 Å². The van der Waals surface area contributed by atoms with E-state index in [1.165, 1.54) is 24.3 Å². The number of hydrogen-bond acceptors (Lipinski definition) is 2. The van der Waals surface area contributed by atoms with E-state index >= 15 is 0 Å². The molecule has 0 aromatic heterocycles. The number of benzene rings is 1. The van der Waals surface area contributed by atoms with Crippen LogP contribution in [0, 0.1) is 12.8 Å². The summed E-state index contributed by atoms with van der Waals surface area (Å²) in [5.41, 5.74) is 4.09. The second kappa shape index (κ2) is 8.50. The molecule has 0 unspecified atom stereocenters. The Bertz CT molecular complexity index is 596. The first-order valence-electron chi connectivity index (χ1n) is 9.51. The van der Waals surface area contributed by atoms with Crippen LogP contribution in [0.2, 0.25) is 0 Å². The van der Waals surface area contributed by atoms with Gasteiger partial charge in [0.25, 0.3) is 5.91 Å². The van der Waals surface area contributed by atoms with Crippen LogP contribution >= 0.6 is 0 Å². The molecule has 4 nitrogen and oxygen atoms in total. The van der Waals surface area contributed by atoms with Gasteiger partial charge < -0.3 is 0 Å². The van der Waals surface area contributed by atoms with Crippen molar-refractivity contribution >= 4 is 11.8 Å².